The zero-order valence-electron chi connectivity index (χ0n) is 14.6. The van der Waals surface area contributed by atoms with E-state index in [0.717, 1.165) is 43.1 Å². The Labute approximate surface area is 149 Å². The fourth-order valence-electron chi connectivity index (χ4n) is 3.01. The van der Waals surface area contributed by atoms with Crippen LogP contribution in [0, 0.1) is 0 Å². The van der Waals surface area contributed by atoms with Gasteiger partial charge in [-0.05, 0) is 44.4 Å². The Morgan fingerprint density at radius 2 is 1.79 bits per heavy atom. The lowest BCUT2D eigenvalue weighted by Crippen LogP contribution is -2.46. The first-order valence-electron chi connectivity index (χ1n) is 8.67. The molecule has 0 saturated carbocycles. The predicted octanol–water partition coefficient (Wildman–Crippen LogP) is 2.68. The summed E-state index contributed by atoms with van der Waals surface area (Å²) >= 11 is 5.85. The van der Waals surface area contributed by atoms with Gasteiger partial charge in [0.1, 0.15) is 0 Å². The number of amides is 2. The van der Waals surface area contributed by atoms with Gasteiger partial charge in [-0.25, -0.2) is 4.79 Å². The molecule has 134 valence electrons. The molecule has 2 unspecified atom stereocenters. The van der Waals surface area contributed by atoms with E-state index in [1.807, 2.05) is 24.3 Å². The second-order valence-corrected chi connectivity index (χ2v) is 6.87. The molecular weight excluding hydrogens is 326 g/mol. The minimum Gasteiger partial charge on any atom is -0.373 e. The lowest BCUT2D eigenvalue weighted by atomic mass is 10.1. The van der Waals surface area contributed by atoms with Crippen molar-refractivity contribution in [3.63, 3.8) is 0 Å². The third-order valence-electron chi connectivity index (χ3n) is 4.04. The summed E-state index contributed by atoms with van der Waals surface area (Å²) in [6.07, 6.45) is 2.33. The van der Waals surface area contributed by atoms with Crippen LogP contribution in [0.4, 0.5) is 4.79 Å². The number of nitrogens with one attached hydrogen (secondary N) is 2. The summed E-state index contributed by atoms with van der Waals surface area (Å²) in [7, 11) is 0. The summed E-state index contributed by atoms with van der Waals surface area (Å²) in [6, 6.07) is 7.58. The van der Waals surface area contributed by atoms with Gasteiger partial charge in [-0.1, -0.05) is 23.7 Å². The van der Waals surface area contributed by atoms with Crippen molar-refractivity contribution < 1.29 is 9.53 Å². The lowest BCUT2D eigenvalue weighted by molar-refractivity contribution is -0.0679. The third-order valence-corrected chi connectivity index (χ3v) is 4.30. The van der Waals surface area contributed by atoms with E-state index >= 15 is 0 Å². The Balaban J connectivity index is 1.52. The van der Waals surface area contributed by atoms with Crippen LogP contribution >= 0.6 is 11.6 Å². The number of benzene rings is 1. The van der Waals surface area contributed by atoms with E-state index in [2.05, 4.69) is 29.4 Å². The number of urea groups is 1. The molecule has 6 heteroatoms. The minimum absolute atomic E-state index is 0.104. The molecule has 1 heterocycles. The summed E-state index contributed by atoms with van der Waals surface area (Å²) in [5, 5.41) is 6.52. The number of ether oxygens (including phenoxy) is 1. The van der Waals surface area contributed by atoms with Crippen LogP contribution < -0.4 is 10.6 Å². The molecule has 1 aromatic rings. The summed E-state index contributed by atoms with van der Waals surface area (Å²) in [5.41, 5.74) is 1.16. The second kappa shape index (κ2) is 9.87. The molecule has 1 saturated heterocycles. The van der Waals surface area contributed by atoms with E-state index in [1.165, 1.54) is 0 Å². The molecule has 1 aliphatic heterocycles. The molecule has 2 atom stereocenters. The number of hydrogen-bond donors (Lipinski definition) is 2. The van der Waals surface area contributed by atoms with Gasteiger partial charge in [0.15, 0.2) is 0 Å². The van der Waals surface area contributed by atoms with Crippen LogP contribution in [0.2, 0.25) is 5.02 Å². The van der Waals surface area contributed by atoms with Crippen LogP contribution in [-0.2, 0) is 11.2 Å². The zero-order chi connectivity index (χ0) is 17.4. The fourth-order valence-corrected chi connectivity index (χ4v) is 3.13. The smallest absolute Gasteiger partial charge is 0.314 e. The SMILES string of the molecule is CC1CN(CCCNC(=O)NCCc2ccc(Cl)cc2)CC(C)O1. The first-order chi connectivity index (χ1) is 11.5. The number of carbonyl (C=O) groups excluding carboxylic acids is 1. The van der Waals surface area contributed by atoms with Crippen LogP contribution in [0.5, 0.6) is 0 Å². The molecule has 2 rings (SSSR count). The van der Waals surface area contributed by atoms with Crippen molar-refractivity contribution >= 4 is 17.6 Å². The molecule has 2 amide bonds. The highest BCUT2D eigenvalue weighted by Gasteiger charge is 2.21. The van der Waals surface area contributed by atoms with Crippen LogP contribution in [0.1, 0.15) is 25.8 Å². The number of halogens is 1. The first-order valence-corrected chi connectivity index (χ1v) is 9.04. The Morgan fingerprint density at radius 3 is 2.46 bits per heavy atom. The largest absolute Gasteiger partial charge is 0.373 e. The Kier molecular flexibility index (Phi) is 7.82. The van der Waals surface area contributed by atoms with Crippen LogP contribution in [0.15, 0.2) is 24.3 Å². The van der Waals surface area contributed by atoms with Crippen molar-refractivity contribution in [2.75, 3.05) is 32.7 Å². The van der Waals surface area contributed by atoms with Gasteiger partial charge in [-0.2, -0.15) is 0 Å². The Hall–Kier alpha value is -1.30. The molecular formula is C18H28ClN3O2. The Bertz CT molecular complexity index is 499. The summed E-state index contributed by atoms with van der Waals surface area (Å²) in [4.78, 5) is 14.2. The van der Waals surface area contributed by atoms with Gasteiger partial charge < -0.3 is 15.4 Å². The van der Waals surface area contributed by atoms with Crippen molar-refractivity contribution in [3.05, 3.63) is 34.9 Å². The van der Waals surface area contributed by atoms with E-state index in [1.54, 1.807) is 0 Å². The van der Waals surface area contributed by atoms with Crippen molar-refractivity contribution in [1.82, 2.24) is 15.5 Å². The molecule has 5 nitrogen and oxygen atoms in total. The molecule has 0 aliphatic carbocycles. The molecule has 0 aromatic heterocycles. The maximum absolute atomic E-state index is 11.8. The quantitative estimate of drug-likeness (QED) is 0.741. The summed E-state index contributed by atoms with van der Waals surface area (Å²) < 4.78 is 5.72. The standard InChI is InChI=1S/C18H28ClN3O2/c1-14-12-22(13-15(2)24-14)11-3-9-20-18(23)21-10-8-16-4-6-17(19)7-5-16/h4-7,14-15H,3,8-13H2,1-2H3,(H2,20,21,23). The molecule has 2 N–H and O–H groups in total. The van der Waals surface area contributed by atoms with E-state index < -0.39 is 0 Å². The van der Waals surface area contributed by atoms with E-state index in [4.69, 9.17) is 16.3 Å². The van der Waals surface area contributed by atoms with Gasteiger partial charge in [-0.3, -0.25) is 4.90 Å². The van der Waals surface area contributed by atoms with Gasteiger partial charge in [0.05, 0.1) is 12.2 Å². The fraction of sp³-hybridized carbons (Fsp3) is 0.611. The monoisotopic (exact) mass is 353 g/mol. The molecule has 1 aliphatic rings. The van der Waals surface area contributed by atoms with Crippen molar-refractivity contribution in [2.24, 2.45) is 0 Å². The highest BCUT2D eigenvalue weighted by molar-refractivity contribution is 6.30. The number of hydrogen-bond acceptors (Lipinski definition) is 3. The highest BCUT2D eigenvalue weighted by Crippen LogP contribution is 2.10. The minimum atomic E-state index is -0.104. The van der Waals surface area contributed by atoms with E-state index in [-0.39, 0.29) is 18.2 Å². The van der Waals surface area contributed by atoms with Crippen LogP contribution in [0.25, 0.3) is 0 Å². The van der Waals surface area contributed by atoms with Gasteiger partial charge >= 0.3 is 6.03 Å². The average molecular weight is 354 g/mol. The summed E-state index contributed by atoms with van der Waals surface area (Å²) in [6.45, 7) is 8.45. The molecule has 1 aromatic carbocycles. The molecule has 24 heavy (non-hydrogen) atoms. The number of carbonyl (C=O) groups is 1. The van der Waals surface area contributed by atoms with Crippen molar-refractivity contribution in [2.45, 2.75) is 38.9 Å². The maximum Gasteiger partial charge on any atom is 0.314 e. The van der Waals surface area contributed by atoms with Crippen molar-refractivity contribution in [3.8, 4) is 0 Å². The third kappa shape index (κ3) is 7.07. The Morgan fingerprint density at radius 1 is 1.17 bits per heavy atom. The number of rotatable bonds is 7. The molecule has 0 radical (unpaired) electrons. The average Bonchev–Trinajstić information content (AvgIpc) is 2.53. The summed E-state index contributed by atoms with van der Waals surface area (Å²) in [5.74, 6) is 0. The van der Waals surface area contributed by atoms with Crippen molar-refractivity contribution in [1.29, 1.82) is 0 Å². The van der Waals surface area contributed by atoms with Gasteiger partial charge in [0, 0.05) is 37.7 Å². The topological polar surface area (TPSA) is 53.6 Å². The first kappa shape index (κ1) is 19.0. The lowest BCUT2D eigenvalue weighted by Gasteiger charge is -2.35. The van der Waals surface area contributed by atoms with Gasteiger partial charge in [-0.15, -0.1) is 0 Å². The van der Waals surface area contributed by atoms with Crippen LogP contribution in [0.3, 0.4) is 0 Å². The van der Waals surface area contributed by atoms with E-state index in [0.29, 0.717) is 13.1 Å². The number of nitrogens with zero attached hydrogens (tertiary/aromatic N) is 1. The maximum atomic E-state index is 11.8. The highest BCUT2D eigenvalue weighted by atomic mass is 35.5. The van der Waals surface area contributed by atoms with Gasteiger partial charge in [0.2, 0.25) is 0 Å². The molecule has 0 spiro atoms. The van der Waals surface area contributed by atoms with Crippen LogP contribution in [-0.4, -0.2) is 55.9 Å². The molecule has 0 bridgehead atoms. The van der Waals surface area contributed by atoms with Gasteiger partial charge in [0.25, 0.3) is 0 Å². The predicted molar refractivity (Wildman–Crippen MR) is 97.6 cm³/mol. The zero-order valence-corrected chi connectivity index (χ0v) is 15.3. The number of morpholine rings is 1. The van der Waals surface area contributed by atoms with E-state index in [9.17, 15) is 4.79 Å². The second-order valence-electron chi connectivity index (χ2n) is 6.43. The normalized spacial score (nSPS) is 21.5. The molecule has 1 fully saturated rings.